The van der Waals surface area contributed by atoms with Gasteiger partial charge in [0.15, 0.2) is 12.4 Å². The number of ketones is 1. The molecule has 25 heavy (non-hydrogen) atoms. The molecular formula is C18H19N3O3S. The van der Waals surface area contributed by atoms with Crippen LogP contribution >= 0.6 is 11.8 Å². The van der Waals surface area contributed by atoms with Gasteiger partial charge in [-0.2, -0.15) is 0 Å². The smallest absolute Gasteiger partial charge is 0.277 e. The molecule has 0 unspecified atom stereocenters. The lowest BCUT2D eigenvalue weighted by Gasteiger charge is -2.07. The highest BCUT2D eigenvalue weighted by Gasteiger charge is 2.13. The summed E-state index contributed by atoms with van der Waals surface area (Å²) in [6, 6.07) is 9.65. The topological polar surface area (TPSA) is 70.2 Å². The fourth-order valence-corrected chi connectivity index (χ4v) is 2.97. The standard InChI is InChI=1S/C18H19N3O3S/c1-12-6-7-13(2)16(9-12)23-10-17-19-20-18(24-17)25-11-15(22)14-5-4-8-21(14)3/h4-9H,10-11H2,1-3H3. The Balaban J connectivity index is 1.55. The highest BCUT2D eigenvalue weighted by atomic mass is 32.2. The fraction of sp³-hybridized carbons (Fsp3) is 0.278. The molecule has 0 aliphatic carbocycles. The van der Waals surface area contributed by atoms with Gasteiger partial charge in [0, 0.05) is 13.2 Å². The molecule has 0 aliphatic rings. The Labute approximate surface area is 150 Å². The predicted molar refractivity (Wildman–Crippen MR) is 95.0 cm³/mol. The molecule has 1 aromatic carbocycles. The fourth-order valence-electron chi connectivity index (χ4n) is 2.31. The molecule has 3 rings (SSSR count). The number of hydrogen-bond donors (Lipinski definition) is 0. The van der Waals surface area contributed by atoms with Crippen molar-refractivity contribution < 1.29 is 13.9 Å². The minimum absolute atomic E-state index is 0.0175. The van der Waals surface area contributed by atoms with E-state index >= 15 is 0 Å². The Kier molecular flexibility index (Phi) is 5.23. The van der Waals surface area contributed by atoms with E-state index in [1.165, 1.54) is 11.8 Å². The van der Waals surface area contributed by atoms with Gasteiger partial charge in [0.25, 0.3) is 11.1 Å². The first-order valence-electron chi connectivity index (χ1n) is 7.82. The lowest BCUT2D eigenvalue weighted by molar-refractivity contribution is 0.101. The molecule has 7 heteroatoms. The van der Waals surface area contributed by atoms with Crippen LogP contribution in [0.2, 0.25) is 0 Å². The van der Waals surface area contributed by atoms with Crippen LogP contribution in [0.25, 0.3) is 0 Å². The maximum absolute atomic E-state index is 12.1. The van der Waals surface area contributed by atoms with Crippen LogP contribution in [-0.4, -0.2) is 26.3 Å². The van der Waals surface area contributed by atoms with Crippen molar-refractivity contribution in [1.82, 2.24) is 14.8 Å². The normalized spacial score (nSPS) is 10.8. The van der Waals surface area contributed by atoms with Crippen molar-refractivity contribution in [2.75, 3.05) is 5.75 Å². The monoisotopic (exact) mass is 357 g/mol. The number of nitrogens with zero attached hydrogens (tertiary/aromatic N) is 3. The van der Waals surface area contributed by atoms with E-state index in [2.05, 4.69) is 10.2 Å². The van der Waals surface area contributed by atoms with Gasteiger partial charge in [-0.3, -0.25) is 4.79 Å². The summed E-state index contributed by atoms with van der Waals surface area (Å²) < 4.78 is 13.1. The highest BCUT2D eigenvalue weighted by Crippen LogP contribution is 2.22. The molecular weight excluding hydrogens is 338 g/mol. The zero-order valence-electron chi connectivity index (χ0n) is 14.4. The van der Waals surface area contributed by atoms with Crippen LogP contribution in [0.4, 0.5) is 0 Å². The van der Waals surface area contributed by atoms with Gasteiger partial charge in [0.05, 0.1) is 11.4 Å². The van der Waals surface area contributed by atoms with Gasteiger partial charge in [-0.05, 0) is 43.2 Å². The number of ether oxygens (including phenoxy) is 1. The number of thioether (sulfide) groups is 1. The molecule has 0 fully saturated rings. The third-order valence-electron chi connectivity index (χ3n) is 3.70. The van der Waals surface area contributed by atoms with Crippen molar-refractivity contribution in [2.24, 2.45) is 7.05 Å². The number of aromatic nitrogens is 3. The van der Waals surface area contributed by atoms with Crippen molar-refractivity contribution in [1.29, 1.82) is 0 Å². The number of carbonyl (C=O) groups is 1. The summed E-state index contributed by atoms with van der Waals surface area (Å²) in [5.74, 6) is 1.45. The third-order valence-corrected chi connectivity index (χ3v) is 4.52. The predicted octanol–water partition coefficient (Wildman–Crippen LogP) is 3.58. The maximum atomic E-state index is 12.1. The van der Waals surface area contributed by atoms with Crippen molar-refractivity contribution in [3.05, 3.63) is 59.2 Å². The van der Waals surface area contributed by atoms with E-state index in [9.17, 15) is 4.79 Å². The second-order valence-electron chi connectivity index (χ2n) is 5.74. The van der Waals surface area contributed by atoms with E-state index in [0.717, 1.165) is 16.9 Å². The molecule has 0 N–H and O–H groups in total. The van der Waals surface area contributed by atoms with E-state index in [0.29, 0.717) is 16.8 Å². The van der Waals surface area contributed by atoms with Crippen LogP contribution in [0.15, 0.2) is 46.2 Å². The molecule has 2 aromatic heterocycles. The van der Waals surface area contributed by atoms with Gasteiger partial charge in [0.1, 0.15) is 5.75 Å². The lowest BCUT2D eigenvalue weighted by atomic mass is 10.1. The van der Waals surface area contributed by atoms with E-state index in [4.69, 9.17) is 9.15 Å². The van der Waals surface area contributed by atoms with E-state index < -0.39 is 0 Å². The van der Waals surface area contributed by atoms with Crippen LogP contribution in [0.5, 0.6) is 5.75 Å². The summed E-state index contributed by atoms with van der Waals surface area (Å²) in [6.07, 6.45) is 1.84. The molecule has 0 amide bonds. The molecule has 130 valence electrons. The van der Waals surface area contributed by atoms with Gasteiger partial charge < -0.3 is 13.7 Å². The Morgan fingerprint density at radius 1 is 1.28 bits per heavy atom. The molecule has 3 aromatic rings. The number of Topliss-reactive ketones (excluding diaryl/α,β-unsaturated/α-hetero) is 1. The number of benzene rings is 1. The van der Waals surface area contributed by atoms with Crippen LogP contribution < -0.4 is 4.74 Å². The summed E-state index contributed by atoms with van der Waals surface area (Å²) in [7, 11) is 1.84. The van der Waals surface area contributed by atoms with Gasteiger partial charge in [0.2, 0.25) is 0 Å². The van der Waals surface area contributed by atoms with E-state index in [-0.39, 0.29) is 18.1 Å². The number of rotatable bonds is 7. The Morgan fingerprint density at radius 3 is 2.88 bits per heavy atom. The summed E-state index contributed by atoms with van der Waals surface area (Å²) in [5, 5.41) is 8.28. The molecule has 0 bridgehead atoms. The first-order valence-corrected chi connectivity index (χ1v) is 8.81. The lowest BCUT2D eigenvalue weighted by Crippen LogP contribution is -2.07. The average molecular weight is 357 g/mol. The zero-order valence-corrected chi connectivity index (χ0v) is 15.2. The van der Waals surface area contributed by atoms with Crippen LogP contribution in [0.1, 0.15) is 27.5 Å². The third kappa shape index (κ3) is 4.30. The minimum Gasteiger partial charge on any atom is -0.484 e. The quantitative estimate of drug-likeness (QED) is 0.475. The number of hydrogen-bond acceptors (Lipinski definition) is 6. The molecule has 0 aliphatic heterocycles. The summed E-state index contributed by atoms with van der Waals surface area (Å²) >= 11 is 1.22. The highest BCUT2D eigenvalue weighted by molar-refractivity contribution is 7.99. The van der Waals surface area contributed by atoms with Crippen LogP contribution in [-0.2, 0) is 13.7 Å². The van der Waals surface area contributed by atoms with Gasteiger partial charge in [-0.25, -0.2) is 0 Å². The van der Waals surface area contributed by atoms with E-state index in [1.54, 1.807) is 10.6 Å². The van der Waals surface area contributed by atoms with Crippen LogP contribution in [0, 0.1) is 13.8 Å². The molecule has 0 atom stereocenters. The largest absolute Gasteiger partial charge is 0.484 e. The van der Waals surface area contributed by atoms with Crippen molar-refractivity contribution in [2.45, 2.75) is 25.7 Å². The van der Waals surface area contributed by atoms with Gasteiger partial charge in [-0.15, -0.1) is 10.2 Å². The zero-order chi connectivity index (χ0) is 17.8. The number of aryl methyl sites for hydroxylation is 3. The van der Waals surface area contributed by atoms with Crippen molar-refractivity contribution in [3.8, 4) is 5.75 Å². The second-order valence-corrected chi connectivity index (χ2v) is 6.66. The molecule has 2 heterocycles. The summed E-state index contributed by atoms with van der Waals surface area (Å²) in [6.45, 7) is 4.19. The average Bonchev–Trinajstić information content (AvgIpc) is 3.22. The first-order chi connectivity index (χ1) is 12.0. The Hall–Kier alpha value is -2.54. The SMILES string of the molecule is Cc1ccc(C)c(OCc2nnc(SCC(=O)c3cccn3C)o2)c1. The minimum atomic E-state index is 0.0175. The summed E-state index contributed by atoms with van der Waals surface area (Å²) in [4.78, 5) is 12.1. The van der Waals surface area contributed by atoms with Crippen molar-refractivity contribution in [3.63, 3.8) is 0 Å². The first kappa shape index (κ1) is 17.3. The van der Waals surface area contributed by atoms with Crippen molar-refractivity contribution >= 4 is 17.5 Å². The molecule has 6 nitrogen and oxygen atoms in total. The molecule has 0 saturated carbocycles. The Morgan fingerprint density at radius 2 is 2.12 bits per heavy atom. The molecule has 0 spiro atoms. The molecule has 0 saturated heterocycles. The number of carbonyl (C=O) groups excluding carboxylic acids is 1. The van der Waals surface area contributed by atoms with Gasteiger partial charge in [-0.1, -0.05) is 23.9 Å². The Bertz CT molecular complexity index is 885. The maximum Gasteiger partial charge on any atom is 0.277 e. The van der Waals surface area contributed by atoms with E-state index in [1.807, 2.05) is 51.4 Å². The van der Waals surface area contributed by atoms with Gasteiger partial charge >= 0.3 is 0 Å². The van der Waals surface area contributed by atoms with Crippen LogP contribution in [0.3, 0.4) is 0 Å². The molecule has 0 radical (unpaired) electrons. The second kappa shape index (κ2) is 7.57. The summed E-state index contributed by atoms with van der Waals surface area (Å²) in [5.41, 5.74) is 2.83.